The molecule has 2 aliphatic heterocycles. The fourth-order valence-electron chi connectivity index (χ4n) is 3.79. The lowest BCUT2D eigenvalue weighted by Gasteiger charge is -2.27. The van der Waals surface area contributed by atoms with Gasteiger partial charge in [-0.2, -0.15) is 0 Å². The van der Waals surface area contributed by atoms with E-state index in [1.54, 1.807) is 0 Å². The molecule has 1 amide bonds. The summed E-state index contributed by atoms with van der Waals surface area (Å²) < 4.78 is 5.93. The molecule has 2 aliphatic rings. The molecule has 2 fully saturated rings. The van der Waals surface area contributed by atoms with Gasteiger partial charge in [0, 0.05) is 24.2 Å². The topological polar surface area (TPSA) is 53.6 Å². The highest BCUT2D eigenvalue weighted by Crippen LogP contribution is 2.24. The fourth-order valence-corrected chi connectivity index (χ4v) is 3.79. The number of halogens is 1. The molecule has 0 bridgehead atoms. The molecule has 3 rings (SSSR count). The number of hydrogen-bond acceptors (Lipinski definition) is 4. The van der Waals surface area contributed by atoms with Gasteiger partial charge in [-0.05, 0) is 82.9 Å². The number of amides is 1. The van der Waals surface area contributed by atoms with Crippen LogP contribution in [0, 0.1) is 12.8 Å². The lowest BCUT2D eigenvalue weighted by atomic mass is 9.92. The number of rotatable bonds is 6. The minimum atomic E-state index is 0. The standard InChI is InChI=1S/C20H31N3O2.ClH/c1-15-13-18(22-20(24)17-7-8-21-16(2)14-17)5-6-19(15)25-12-11-23-9-3-4-10-23;/h5-6,13,16-17,21H,3-4,7-12,14H2,1-2H3,(H,22,24);1H/t16-,17-;/m0./s1. The van der Waals surface area contributed by atoms with Gasteiger partial charge in [0.25, 0.3) is 0 Å². The van der Waals surface area contributed by atoms with Gasteiger partial charge in [0.05, 0.1) is 0 Å². The van der Waals surface area contributed by atoms with Crippen molar-refractivity contribution in [3.05, 3.63) is 23.8 Å². The van der Waals surface area contributed by atoms with E-state index < -0.39 is 0 Å². The Kier molecular flexibility index (Phi) is 8.19. The van der Waals surface area contributed by atoms with Crippen LogP contribution in [0.5, 0.6) is 5.75 Å². The van der Waals surface area contributed by atoms with E-state index in [1.165, 1.54) is 25.9 Å². The third-order valence-electron chi connectivity index (χ3n) is 5.30. The molecular formula is C20H32ClN3O2. The Bertz CT molecular complexity index is 590. The second-order valence-corrected chi connectivity index (χ2v) is 7.44. The van der Waals surface area contributed by atoms with Gasteiger partial charge in [-0.3, -0.25) is 9.69 Å². The zero-order valence-electron chi connectivity index (χ0n) is 15.9. The third-order valence-corrected chi connectivity index (χ3v) is 5.30. The molecule has 0 aliphatic carbocycles. The number of carbonyl (C=O) groups excluding carboxylic acids is 1. The Morgan fingerprint density at radius 1 is 1.35 bits per heavy atom. The van der Waals surface area contributed by atoms with Crippen molar-refractivity contribution in [3.8, 4) is 5.75 Å². The summed E-state index contributed by atoms with van der Waals surface area (Å²) in [4.78, 5) is 14.9. The first kappa shape index (κ1) is 21.0. The number of nitrogens with zero attached hydrogens (tertiary/aromatic N) is 1. The average Bonchev–Trinajstić information content (AvgIpc) is 3.10. The van der Waals surface area contributed by atoms with Crippen molar-refractivity contribution in [3.63, 3.8) is 0 Å². The van der Waals surface area contributed by atoms with Gasteiger partial charge in [0.2, 0.25) is 5.91 Å². The van der Waals surface area contributed by atoms with Crippen LogP contribution in [0.3, 0.4) is 0 Å². The Morgan fingerprint density at radius 2 is 2.12 bits per heavy atom. The molecule has 1 aromatic carbocycles. The van der Waals surface area contributed by atoms with E-state index in [0.717, 1.165) is 49.5 Å². The summed E-state index contributed by atoms with van der Waals surface area (Å²) in [5, 5.41) is 6.46. The number of benzene rings is 1. The predicted octanol–water partition coefficient (Wildman–Crippen LogP) is 3.22. The van der Waals surface area contributed by atoms with E-state index >= 15 is 0 Å². The molecule has 0 saturated carbocycles. The van der Waals surface area contributed by atoms with Crippen LogP contribution in [-0.2, 0) is 4.79 Å². The molecule has 0 unspecified atom stereocenters. The molecular weight excluding hydrogens is 350 g/mol. The lowest BCUT2D eigenvalue weighted by molar-refractivity contribution is -0.120. The molecule has 2 heterocycles. The number of ether oxygens (including phenoxy) is 1. The molecule has 146 valence electrons. The first-order chi connectivity index (χ1) is 12.1. The number of aryl methyl sites for hydroxylation is 1. The number of carbonyl (C=O) groups is 1. The van der Waals surface area contributed by atoms with Crippen LogP contribution in [-0.4, -0.2) is 49.6 Å². The minimum Gasteiger partial charge on any atom is -0.492 e. The summed E-state index contributed by atoms with van der Waals surface area (Å²) in [6, 6.07) is 6.34. The van der Waals surface area contributed by atoms with Crippen LogP contribution in [0.15, 0.2) is 18.2 Å². The lowest BCUT2D eigenvalue weighted by Crippen LogP contribution is -2.40. The van der Waals surface area contributed by atoms with Crippen LogP contribution >= 0.6 is 12.4 Å². The van der Waals surface area contributed by atoms with E-state index in [1.807, 2.05) is 25.1 Å². The van der Waals surface area contributed by atoms with E-state index in [9.17, 15) is 4.79 Å². The average molecular weight is 382 g/mol. The van der Waals surface area contributed by atoms with Crippen LogP contribution < -0.4 is 15.4 Å². The van der Waals surface area contributed by atoms with Crippen molar-refractivity contribution in [2.24, 2.45) is 5.92 Å². The molecule has 2 saturated heterocycles. The van der Waals surface area contributed by atoms with Gasteiger partial charge in [-0.1, -0.05) is 0 Å². The summed E-state index contributed by atoms with van der Waals surface area (Å²) in [6.07, 6.45) is 4.43. The zero-order chi connectivity index (χ0) is 17.6. The van der Waals surface area contributed by atoms with Gasteiger partial charge >= 0.3 is 0 Å². The molecule has 2 N–H and O–H groups in total. The molecule has 0 spiro atoms. The summed E-state index contributed by atoms with van der Waals surface area (Å²) in [7, 11) is 0. The van der Waals surface area contributed by atoms with Crippen molar-refractivity contribution in [2.45, 2.75) is 45.6 Å². The number of nitrogens with one attached hydrogen (secondary N) is 2. The van der Waals surface area contributed by atoms with Gasteiger partial charge in [-0.25, -0.2) is 0 Å². The van der Waals surface area contributed by atoms with Crippen molar-refractivity contribution >= 4 is 24.0 Å². The Labute approximate surface area is 163 Å². The monoisotopic (exact) mass is 381 g/mol. The normalized spacial score (nSPS) is 23.3. The third kappa shape index (κ3) is 5.86. The summed E-state index contributed by atoms with van der Waals surface area (Å²) in [5.74, 6) is 1.15. The largest absolute Gasteiger partial charge is 0.492 e. The van der Waals surface area contributed by atoms with E-state index in [2.05, 4.69) is 22.5 Å². The van der Waals surface area contributed by atoms with E-state index in [4.69, 9.17) is 4.74 Å². The van der Waals surface area contributed by atoms with Crippen molar-refractivity contribution in [1.82, 2.24) is 10.2 Å². The quantitative estimate of drug-likeness (QED) is 0.794. The van der Waals surface area contributed by atoms with Crippen molar-refractivity contribution < 1.29 is 9.53 Å². The Balaban J connectivity index is 0.00000243. The molecule has 0 aromatic heterocycles. The maximum atomic E-state index is 12.5. The van der Waals surface area contributed by atoms with Gasteiger partial charge < -0.3 is 15.4 Å². The minimum absolute atomic E-state index is 0. The second kappa shape index (κ2) is 10.1. The number of piperidine rings is 1. The fraction of sp³-hybridized carbons (Fsp3) is 0.650. The Morgan fingerprint density at radius 3 is 2.81 bits per heavy atom. The Hall–Kier alpha value is -1.30. The van der Waals surface area contributed by atoms with E-state index in [0.29, 0.717) is 6.04 Å². The highest BCUT2D eigenvalue weighted by atomic mass is 35.5. The molecule has 1 aromatic rings. The number of anilines is 1. The summed E-state index contributed by atoms with van der Waals surface area (Å²) in [5.41, 5.74) is 1.93. The molecule has 5 nitrogen and oxygen atoms in total. The van der Waals surface area contributed by atoms with Crippen molar-refractivity contribution in [1.29, 1.82) is 0 Å². The van der Waals surface area contributed by atoms with Gasteiger partial charge in [0.1, 0.15) is 12.4 Å². The summed E-state index contributed by atoms with van der Waals surface area (Å²) in [6.45, 7) is 9.20. The van der Waals surface area contributed by atoms with Crippen molar-refractivity contribution in [2.75, 3.05) is 38.1 Å². The number of likely N-dealkylation sites (tertiary alicyclic amines) is 1. The van der Waals surface area contributed by atoms with Crippen LogP contribution in [0.1, 0.15) is 38.2 Å². The van der Waals surface area contributed by atoms with Gasteiger partial charge in [0.15, 0.2) is 0 Å². The van der Waals surface area contributed by atoms with Crippen LogP contribution in [0.4, 0.5) is 5.69 Å². The maximum absolute atomic E-state index is 12.5. The molecule has 26 heavy (non-hydrogen) atoms. The predicted molar refractivity (Wildman–Crippen MR) is 108 cm³/mol. The first-order valence-corrected chi connectivity index (χ1v) is 9.62. The van der Waals surface area contributed by atoms with Crippen LogP contribution in [0.25, 0.3) is 0 Å². The number of hydrogen-bond donors (Lipinski definition) is 2. The summed E-state index contributed by atoms with van der Waals surface area (Å²) >= 11 is 0. The SMILES string of the molecule is Cc1cc(NC(=O)[C@H]2CCN[C@@H](C)C2)ccc1OCCN1CCCC1.Cl. The molecule has 6 heteroatoms. The van der Waals surface area contributed by atoms with Gasteiger partial charge in [-0.15, -0.1) is 12.4 Å². The maximum Gasteiger partial charge on any atom is 0.227 e. The van der Waals surface area contributed by atoms with Crippen LogP contribution in [0.2, 0.25) is 0 Å². The van der Waals surface area contributed by atoms with E-state index in [-0.39, 0.29) is 24.2 Å². The molecule has 2 atom stereocenters. The first-order valence-electron chi connectivity index (χ1n) is 9.62. The second-order valence-electron chi connectivity index (χ2n) is 7.44. The highest BCUT2D eigenvalue weighted by Gasteiger charge is 2.24. The highest BCUT2D eigenvalue weighted by molar-refractivity contribution is 5.92. The zero-order valence-corrected chi connectivity index (χ0v) is 16.7. The smallest absolute Gasteiger partial charge is 0.227 e. The molecule has 0 radical (unpaired) electrons.